The Morgan fingerprint density at radius 2 is 0.938 bits per heavy atom. The summed E-state index contributed by atoms with van der Waals surface area (Å²) in [6, 6.07) is 2.50. The van der Waals surface area contributed by atoms with Crippen LogP contribution in [0.25, 0.3) is 0 Å². The average Bonchev–Trinajstić information content (AvgIpc) is 2.08. The Labute approximate surface area is 92.2 Å². The van der Waals surface area contributed by atoms with Gasteiger partial charge in [0.25, 0.3) is 0 Å². The van der Waals surface area contributed by atoms with E-state index in [1.807, 2.05) is 0 Å². The molecule has 0 spiro atoms. The van der Waals surface area contributed by atoms with Gasteiger partial charge in [0.05, 0.1) is 13.2 Å². The van der Waals surface area contributed by atoms with Gasteiger partial charge in [-0.15, -0.1) is 0 Å². The summed E-state index contributed by atoms with van der Waals surface area (Å²) in [7, 11) is -0.209. The molecule has 0 atom stereocenters. The molecule has 88 valence electrons. The Morgan fingerprint density at radius 3 is 1.19 bits per heavy atom. The Hall–Kier alpha value is -1.65. The molecule has 6 heteroatoms. The van der Waals surface area contributed by atoms with E-state index in [1.54, 1.807) is 0 Å². The predicted molar refractivity (Wildman–Crippen MR) is 66.2 cm³/mol. The van der Waals surface area contributed by atoms with Crippen LogP contribution in [0.3, 0.4) is 0 Å². The molecule has 0 bridgehead atoms. The number of hydrogen-bond donors (Lipinski definition) is 0. The molecule has 2 radical (unpaired) electrons. The molecule has 0 rings (SSSR count). The second-order valence-corrected chi connectivity index (χ2v) is 9.97. The number of hydrogen-bond acceptors (Lipinski definition) is 2. The number of ether oxygens (including phenoxy) is 2. The molecule has 0 amide bonds. The molecule has 0 aromatic carbocycles. The van der Waals surface area contributed by atoms with Gasteiger partial charge in [-0.3, -0.25) is 0 Å². The standard InChI is InChI=1S/C10H24O2Si2.2Rf/c1-13(2)9-7-11-5-6-12-8-10-14(3)4;;/h5-10H2,1-4H3;;. The first-order valence-corrected chi connectivity index (χ1v) is 10.8. The smallest absolute Gasteiger partial charge is 0.0700 e. The van der Waals surface area contributed by atoms with Crippen molar-refractivity contribution in [1.82, 2.24) is 0 Å². The van der Waals surface area contributed by atoms with Gasteiger partial charge in [-0.1, -0.05) is 26.2 Å². The molecule has 0 heterocycles. The maximum atomic E-state index is 5.46. The minimum Gasteiger partial charge on any atom is -0.379 e. The van der Waals surface area contributed by atoms with Crippen molar-refractivity contribution in [2.45, 2.75) is 38.3 Å². The largest absolute Gasteiger partial charge is 0.379 e. The van der Waals surface area contributed by atoms with E-state index in [4.69, 9.17) is 9.47 Å². The van der Waals surface area contributed by atoms with Crippen LogP contribution in [-0.2, 0) is 9.47 Å². The molecule has 0 unspecified atom stereocenters. The van der Waals surface area contributed by atoms with Crippen molar-refractivity contribution in [3.05, 3.63) is 0 Å². The van der Waals surface area contributed by atoms with E-state index in [-0.39, 0.29) is 17.6 Å². The van der Waals surface area contributed by atoms with E-state index < -0.39 is 0 Å². The zero-order chi connectivity index (χ0) is 10.8. The van der Waals surface area contributed by atoms with Crippen LogP contribution in [-0.4, -0.2) is 44.0 Å². The van der Waals surface area contributed by atoms with Gasteiger partial charge >= 0.3 is 0 Å². The fourth-order valence-electron chi connectivity index (χ4n) is 0.875. The van der Waals surface area contributed by atoms with Gasteiger partial charge in [0.15, 0.2) is 0 Å². The van der Waals surface area contributed by atoms with Crippen LogP contribution in [0.15, 0.2) is 0 Å². The summed E-state index contributed by atoms with van der Waals surface area (Å²) in [4.78, 5) is 0. The van der Waals surface area contributed by atoms with Crippen molar-refractivity contribution in [3.63, 3.8) is 0 Å². The minimum absolute atomic E-state index is 0. The minimum atomic E-state index is -0.105. The van der Waals surface area contributed by atoms with Crippen LogP contribution in [0.5, 0.6) is 0 Å². The first-order chi connectivity index (χ1) is 6.63. The molecule has 0 N–H and O–H groups in total. The van der Waals surface area contributed by atoms with Crippen molar-refractivity contribution < 1.29 is 9.47 Å². The molecule has 2 nitrogen and oxygen atoms in total. The third kappa shape index (κ3) is 18.2. The van der Waals surface area contributed by atoms with Gasteiger partial charge in [0.2, 0.25) is 0 Å². The SMILES string of the molecule is C[Si](C)CCOCCOCC[Si](C)C.[Rf].[Rf]. The molecule has 16 heavy (non-hydrogen) atoms. The van der Waals surface area contributed by atoms with E-state index in [2.05, 4.69) is 26.2 Å². The summed E-state index contributed by atoms with van der Waals surface area (Å²) < 4.78 is 10.9. The third-order valence-corrected chi connectivity index (χ3v) is 4.27. The molecule has 0 saturated heterocycles. The van der Waals surface area contributed by atoms with Gasteiger partial charge in [0, 0.05) is 30.8 Å². The van der Waals surface area contributed by atoms with Crippen LogP contribution in [0.4, 0.5) is 0 Å². The van der Waals surface area contributed by atoms with Crippen molar-refractivity contribution in [2.75, 3.05) is 26.4 Å². The van der Waals surface area contributed by atoms with E-state index in [1.165, 1.54) is 12.1 Å². The first-order valence-electron chi connectivity index (χ1n) is 5.36. The molecule has 0 saturated carbocycles. The first kappa shape index (κ1) is 19.9. The molecule has 0 aromatic rings. The van der Waals surface area contributed by atoms with Gasteiger partial charge in [-0.25, -0.2) is 0 Å². The van der Waals surface area contributed by atoms with Crippen molar-refractivity contribution in [3.8, 4) is 0 Å². The van der Waals surface area contributed by atoms with Crippen LogP contribution < -0.4 is 0 Å². The Kier molecular flexibility index (Phi) is 16.6. The van der Waals surface area contributed by atoms with Crippen LogP contribution in [0.1, 0.15) is 0 Å². The third-order valence-electron chi connectivity index (χ3n) is 1.86. The van der Waals surface area contributed by atoms with Gasteiger partial charge < -0.3 is 9.47 Å². The summed E-state index contributed by atoms with van der Waals surface area (Å²) in [5, 5.41) is 0. The summed E-state index contributed by atoms with van der Waals surface area (Å²) in [5.74, 6) is 0. The summed E-state index contributed by atoms with van der Waals surface area (Å²) >= 11 is 0. The maximum Gasteiger partial charge on any atom is 0.0700 e. The maximum absolute atomic E-state index is 5.46. The van der Waals surface area contributed by atoms with Crippen molar-refractivity contribution in [1.29, 1.82) is 0 Å². The fraction of sp³-hybridized carbons (Fsp3) is 1.00. The summed E-state index contributed by atoms with van der Waals surface area (Å²) in [6.07, 6.45) is 0. The average molecular weight is 766 g/mol. The molecular formula is C10H24O2Rf2Si2. The van der Waals surface area contributed by atoms with Crippen LogP contribution >= 0.6 is 0 Å². The fourth-order valence-corrected chi connectivity index (χ4v) is 1.98. The summed E-state index contributed by atoms with van der Waals surface area (Å²) in [5.41, 5.74) is 0. The predicted octanol–water partition coefficient (Wildman–Crippen LogP) is 2.53. The van der Waals surface area contributed by atoms with Gasteiger partial charge in [0.1, 0.15) is 0 Å². The molecule has 0 fully saturated rings. The Balaban J connectivity index is -0.000000845. The molecule has 0 aliphatic heterocycles. The summed E-state index contributed by atoms with van der Waals surface area (Å²) in [6.45, 7) is 12.6. The van der Waals surface area contributed by atoms with Gasteiger partial charge in [-0.05, 0) is 12.1 Å². The van der Waals surface area contributed by atoms with E-state index in [0.29, 0.717) is 0 Å². The zero-order valence-electron chi connectivity index (χ0n) is 11.5. The number of rotatable bonds is 9. The van der Waals surface area contributed by atoms with E-state index in [9.17, 15) is 0 Å². The van der Waals surface area contributed by atoms with Crippen molar-refractivity contribution in [2.24, 2.45) is 0 Å². The second kappa shape index (κ2) is 13.4. The van der Waals surface area contributed by atoms with Crippen LogP contribution in [0.2, 0.25) is 38.3 Å². The van der Waals surface area contributed by atoms with Crippen LogP contribution in [0, 0.1) is 0 Å². The molecule has 0 aliphatic rings. The zero-order valence-corrected chi connectivity index (χ0v) is 26.3. The Morgan fingerprint density at radius 1 is 0.625 bits per heavy atom. The van der Waals surface area contributed by atoms with Crippen molar-refractivity contribution >= 4 is 17.6 Å². The molecule has 0 aromatic heterocycles. The molecule has 0 aliphatic carbocycles. The normalized spacial score (nSPS) is 10.1. The molecular weight excluding hydrogens is 742 g/mol. The van der Waals surface area contributed by atoms with E-state index in [0.717, 1.165) is 26.4 Å². The second-order valence-electron chi connectivity index (χ2n) is 4.14. The van der Waals surface area contributed by atoms with E-state index >= 15 is 0 Å². The topological polar surface area (TPSA) is 18.5 Å². The quantitative estimate of drug-likeness (QED) is 0.266. The van der Waals surface area contributed by atoms with Gasteiger partial charge in [-0.2, -0.15) is 0 Å². The Bertz CT molecular complexity index is 113. The monoisotopic (exact) mass is 766 g/mol.